The number of aliphatic hydroxyl groups is 2. The Hall–Kier alpha value is -0.120. The molecular formula is C15H32O3. The van der Waals surface area contributed by atoms with E-state index in [1.54, 1.807) is 0 Å². The number of rotatable bonds is 14. The van der Waals surface area contributed by atoms with E-state index in [2.05, 4.69) is 6.92 Å². The summed E-state index contributed by atoms with van der Waals surface area (Å²) in [6.45, 7) is -4.22. The SMILES string of the molecule is [2H]C([2H])(O)C([2H])(O)C([2H])([2H])OCCCCCCCCCCCC. The zero-order valence-electron chi connectivity index (χ0n) is 16.6. The lowest BCUT2D eigenvalue weighted by molar-refractivity contribution is 0.00526. The molecule has 0 aliphatic rings. The van der Waals surface area contributed by atoms with Gasteiger partial charge in [-0.15, -0.1) is 0 Å². The van der Waals surface area contributed by atoms with Crippen LogP contribution in [0.2, 0.25) is 0 Å². The zero-order chi connectivity index (χ0) is 18.0. The third-order valence-electron chi connectivity index (χ3n) is 2.87. The average molecular weight is 265 g/mol. The van der Waals surface area contributed by atoms with Crippen molar-refractivity contribution in [3.8, 4) is 0 Å². The maximum absolute atomic E-state index is 9.48. The molecule has 1 atom stereocenters. The van der Waals surface area contributed by atoms with Crippen molar-refractivity contribution in [2.24, 2.45) is 0 Å². The Morgan fingerprint density at radius 1 is 1.00 bits per heavy atom. The van der Waals surface area contributed by atoms with Gasteiger partial charge in [0.25, 0.3) is 0 Å². The van der Waals surface area contributed by atoms with Gasteiger partial charge in [-0.1, -0.05) is 64.7 Å². The zero-order valence-corrected chi connectivity index (χ0v) is 11.6. The van der Waals surface area contributed by atoms with E-state index in [4.69, 9.17) is 16.7 Å². The molecule has 110 valence electrons. The molecule has 0 radical (unpaired) electrons. The second-order valence-corrected chi connectivity index (χ2v) is 4.59. The smallest absolute Gasteiger partial charge is 0.100 e. The summed E-state index contributed by atoms with van der Waals surface area (Å²) in [6, 6.07) is 0. The molecule has 0 spiro atoms. The van der Waals surface area contributed by atoms with Gasteiger partial charge in [-0.25, -0.2) is 0 Å². The number of hydrogen-bond acceptors (Lipinski definition) is 3. The molecule has 0 heterocycles. The summed E-state index contributed by atoms with van der Waals surface area (Å²) in [5.74, 6) is 0. The van der Waals surface area contributed by atoms with Crippen molar-refractivity contribution < 1.29 is 21.8 Å². The molecule has 3 heteroatoms. The Balaban J connectivity index is 3.72. The summed E-state index contributed by atoms with van der Waals surface area (Å²) in [5.41, 5.74) is 0. The van der Waals surface area contributed by atoms with Crippen LogP contribution in [0.5, 0.6) is 0 Å². The Labute approximate surface area is 120 Å². The van der Waals surface area contributed by atoms with Crippen molar-refractivity contribution in [3.63, 3.8) is 0 Å². The van der Waals surface area contributed by atoms with Crippen LogP contribution in [0.3, 0.4) is 0 Å². The van der Waals surface area contributed by atoms with E-state index in [0.717, 1.165) is 19.3 Å². The number of unbranched alkanes of at least 4 members (excludes halogenated alkanes) is 9. The average Bonchev–Trinajstić information content (AvgIpc) is 2.43. The van der Waals surface area contributed by atoms with Crippen LogP contribution >= 0.6 is 0 Å². The van der Waals surface area contributed by atoms with E-state index in [0.29, 0.717) is 6.42 Å². The van der Waals surface area contributed by atoms with Gasteiger partial charge in [-0.2, -0.15) is 0 Å². The van der Waals surface area contributed by atoms with Crippen LogP contribution in [-0.2, 0) is 4.74 Å². The fourth-order valence-electron chi connectivity index (χ4n) is 1.80. The lowest BCUT2D eigenvalue weighted by Gasteiger charge is -2.07. The minimum absolute atomic E-state index is 0.0270. The lowest BCUT2D eigenvalue weighted by Crippen LogP contribution is -2.19. The number of ether oxygens (including phenoxy) is 1. The molecule has 0 rings (SSSR count). The van der Waals surface area contributed by atoms with Gasteiger partial charge in [0.15, 0.2) is 0 Å². The van der Waals surface area contributed by atoms with Crippen LogP contribution in [0.15, 0.2) is 0 Å². The molecule has 0 aromatic rings. The van der Waals surface area contributed by atoms with Gasteiger partial charge in [0.05, 0.1) is 20.0 Å². The van der Waals surface area contributed by atoms with E-state index in [-0.39, 0.29) is 6.61 Å². The van der Waals surface area contributed by atoms with Gasteiger partial charge in [-0.05, 0) is 6.42 Å². The van der Waals surface area contributed by atoms with Crippen molar-refractivity contribution in [1.82, 2.24) is 0 Å². The van der Waals surface area contributed by atoms with E-state index < -0.39 is 19.2 Å². The van der Waals surface area contributed by atoms with E-state index in [9.17, 15) is 5.11 Å². The highest BCUT2D eigenvalue weighted by atomic mass is 16.5. The Morgan fingerprint density at radius 2 is 1.50 bits per heavy atom. The van der Waals surface area contributed by atoms with Crippen LogP contribution in [0.25, 0.3) is 0 Å². The van der Waals surface area contributed by atoms with Crippen LogP contribution in [0.4, 0.5) is 0 Å². The molecule has 0 bridgehead atoms. The topological polar surface area (TPSA) is 49.7 Å². The fraction of sp³-hybridized carbons (Fsp3) is 1.00. The molecule has 0 aromatic carbocycles. The van der Waals surface area contributed by atoms with Gasteiger partial charge in [-0.3, -0.25) is 0 Å². The standard InChI is InChI=1S/C15H32O3/c1-2-3-4-5-6-7-8-9-10-11-12-18-14-15(17)13-16/h15-17H,2-14H2,1H3/i13D2,14D2,15D. The van der Waals surface area contributed by atoms with Gasteiger partial charge in [0.1, 0.15) is 6.08 Å². The first-order valence-electron chi connectivity index (χ1n) is 9.65. The van der Waals surface area contributed by atoms with Gasteiger partial charge < -0.3 is 14.9 Å². The Morgan fingerprint density at radius 3 is 2.00 bits per heavy atom. The quantitative estimate of drug-likeness (QED) is 0.474. The molecule has 0 aliphatic carbocycles. The summed E-state index contributed by atoms with van der Waals surface area (Å²) >= 11 is 0. The predicted molar refractivity (Wildman–Crippen MR) is 75.8 cm³/mol. The molecule has 0 fully saturated rings. The van der Waals surface area contributed by atoms with Gasteiger partial charge in [0, 0.05) is 6.61 Å². The lowest BCUT2D eigenvalue weighted by atomic mass is 10.1. The van der Waals surface area contributed by atoms with Crippen LogP contribution in [0, 0.1) is 0 Å². The van der Waals surface area contributed by atoms with Crippen molar-refractivity contribution in [1.29, 1.82) is 0 Å². The highest BCUT2D eigenvalue weighted by Gasteiger charge is 2.00. The predicted octanol–water partition coefficient (Wildman–Crippen LogP) is 3.28. The normalized spacial score (nSPS) is 20.3. The summed E-state index contributed by atoms with van der Waals surface area (Å²) < 4.78 is 40.7. The molecule has 18 heavy (non-hydrogen) atoms. The van der Waals surface area contributed by atoms with Gasteiger partial charge >= 0.3 is 0 Å². The molecule has 2 N–H and O–H groups in total. The fourth-order valence-corrected chi connectivity index (χ4v) is 1.80. The molecule has 0 aromatic heterocycles. The first kappa shape index (κ1) is 10.6. The highest BCUT2D eigenvalue weighted by molar-refractivity contribution is 4.50. The van der Waals surface area contributed by atoms with Crippen molar-refractivity contribution in [2.45, 2.75) is 77.2 Å². The summed E-state index contributed by atoms with van der Waals surface area (Å²) in [7, 11) is 0. The molecule has 1 unspecified atom stereocenters. The first-order chi connectivity index (χ1) is 10.6. The summed E-state index contributed by atoms with van der Waals surface area (Å²) in [5, 5.41) is 18.5. The third-order valence-corrected chi connectivity index (χ3v) is 2.87. The minimum atomic E-state index is -3.41. The largest absolute Gasteiger partial charge is 0.394 e. The molecule has 0 saturated heterocycles. The molecular weight excluding hydrogens is 228 g/mol. The Kier molecular flexibility index (Phi) is 8.83. The second kappa shape index (κ2) is 14.9. The van der Waals surface area contributed by atoms with Crippen LogP contribution in [-0.4, -0.2) is 36.0 Å². The second-order valence-electron chi connectivity index (χ2n) is 4.59. The van der Waals surface area contributed by atoms with E-state index in [1.807, 2.05) is 0 Å². The maximum atomic E-state index is 9.48. The summed E-state index contributed by atoms with van der Waals surface area (Å²) in [6.07, 6.45) is 7.76. The minimum Gasteiger partial charge on any atom is -0.394 e. The van der Waals surface area contributed by atoms with Crippen LogP contribution < -0.4 is 0 Å². The monoisotopic (exact) mass is 265 g/mol. The van der Waals surface area contributed by atoms with E-state index >= 15 is 0 Å². The van der Waals surface area contributed by atoms with Crippen molar-refractivity contribution in [3.05, 3.63) is 0 Å². The van der Waals surface area contributed by atoms with Crippen molar-refractivity contribution in [2.75, 3.05) is 19.7 Å². The van der Waals surface area contributed by atoms with E-state index in [1.165, 1.54) is 38.5 Å². The Bertz CT molecular complexity index is 306. The summed E-state index contributed by atoms with van der Waals surface area (Å²) in [4.78, 5) is 0. The van der Waals surface area contributed by atoms with Crippen molar-refractivity contribution >= 4 is 0 Å². The first-order valence-corrected chi connectivity index (χ1v) is 7.15. The molecule has 0 amide bonds. The molecule has 0 saturated carbocycles. The third kappa shape index (κ3) is 13.9. The molecule has 3 nitrogen and oxygen atoms in total. The maximum Gasteiger partial charge on any atom is 0.100 e. The highest BCUT2D eigenvalue weighted by Crippen LogP contribution is 2.10. The molecule has 0 aliphatic heterocycles. The number of hydrogen-bond donors (Lipinski definition) is 2. The van der Waals surface area contributed by atoms with Crippen LogP contribution in [0.1, 0.15) is 78.0 Å². The van der Waals surface area contributed by atoms with Gasteiger partial charge in [0.2, 0.25) is 0 Å².